The number of nitrogens with zero attached hydrogens (tertiary/aromatic N) is 2. The Balaban J connectivity index is 1.95. The van der Waals surface area contributed by atoms with E-state index in [1.54, 1.807) is 25.3 Å². The number of benzene rings is 1. The van der Waals surface area contributed by atoms with Gasteiger partial charge < -0.3 is 5.73 Å². The zero-order valence-electron chi connectivity index (χ0n) is 10.8. The van der Waals surface area contributed by atoms with Crippen LogP contribution in [-0.4, -0.2) is 17.8 Å². The molecule has 104 valence electrons. The van der Waals surface area contributed by atoms with Crippen LogP contribution in [0.5, 0.6) is 0 Å². The summed E-state index contributed by atoms with van der Waals surface area (Å²) in [5.74, 6) is -0.106. The second-order valence-corrected chi connectivity index (χ2v) is 7.47. The number of thiazole rings is 1. The molecule has 0 saturated heterocycles. The van der Waals surface area contributed by atoms with E-state index in [1.165, 1.54) is 17.4 Å². The smallest absolute Gasteiger partial charge is 0.193 e. The van der Waals surface area contributed by atoms with Gasteiger partial charge >= 0.3 is 0 Å². The maximum Gasteiger partial charge on any atom is 0.193 e. The highest BCUT2D eigenvalue weighted by atomic mass is 32.2. The van der Waals surface area contributed by atoms with E-state index in [0.717, 1.165) is 10.5 Å². The van der Waals surface area contributed by atoms with Gasteiger partial charge in [0.25, 0.3) is 0 Å². The van der Waals surface area contributed by atoms with E-state index in [0.29, 0.717) is 11.4 Å². The molecule has 0 aliphatic rings. The molecule has 0 spiro atoms. The van der Waals surface area contributed by atoms with E-state index in [2.05, 4.69) is 4.98 Å². The standard InChI is InChI=1S/C13H13N3O2S2/c1-9-6-11(2-3-12(9)14)20(17,18)8-10-7-16-4-5-19-13(16)15-10/h2-7H,8,14H2,1H3. The highest BCUT2D eigenvalue weighted by Crippen LogP contribution is 2.21. The normalized spacial score (nSPS) is 12.1. The fourth-order valence-corrected chi connectivity index (χ4v) is 4.01. The maximum atomic E-state index is 12.4. The van der Waals surface area contributed by atoms with E-state index < -0.39 is 9.84 Å². The lowest BCUT2D eigenvalue weighted by molar-refractivity contribution is 0.594. The lowest BCUT2D eigenvalue weighted by atomic mass is 10.2. The Morgan fingerprint density at radius 2 is 2.20 bits per heavy atom. The second-order valence-electron chi connectivity index (χ2n) is 4.60. The largest absolute Gasteiger partial charge is 0.399 e. The molecule has 0 amide bonds. The molecule has 0 unspecified atom stereocenters. The highest BCUT2D eigenvalue weighted by Gasteiger charge is 2.18. The number of nitrogen functional groups attached to an aromatic ring is 1. The van der Waals surface area contributed by atoms with Crippen LogP contribution >= 0.6 is 11.3 Å². The predicted octanol–water partition coefficient (Wildman–Crippen LogP) is 2.26. The Bertz CT molecular complexity index is 850. The van der Waals surface area contributed by atoms with Crippen molar-refractivity contribution in [1.29, 1.82) is 0 Å². The quantitative estimate of drug-likeness (QED) is 0.753. The Kier molecular flexibility index (Phi) is 3.02. The molecule has 7 heteroatoms. The van der Waals surface area contributed by atoms with Crippen molar-refractivity contribution in [2.24, 2.45) is 0 Å². The van der Waals surface area contributed by atoms with Gasteiger partial charge in [-0.3, -0.25) is 4.40 Å². The molecule has 0 aliphatic carbocycles. The molecule has 3 aromatic rings. The summed E-state index contributed by atoms with van der Waals surface area (Å²) in [5, 5.41) is 1.91. The molecule has 5 nitrogen and oxygen atoms in total. The Hall–Kier alpha value is -1.86. The monoisotopic (exact) mass is 307 g/mol. The SMILES string of the molecule is Cc1cc(S(=O)(=O)Cc2cn3ccsc3n2)ccc1N. The first kappa shape index (κ1) is 13.1. The first-order valence-corrected chi connectivity index (χ1v) is 8.49. The molecule has 2 aromatic heterocycles. The third-order valence-corrected chi connectivity index (χ3v) is 5.50. The summed E-state index contributed by atoms with van der Waals surface area (Å²) in [6.07, 6.45) is 3.60. The zero-order chi connectivity index (χ0) is 14.3. The van der Waals surface area contributed by atoms with Crippen LogP contribution in [0.4, 0.5) is 5.69 Å². The van der Waals surface area contributed by atoms with E-state index in [1.807, 2.05) is 16.0 Å². The molecule has 1 aromatic carbocycles. The third kappa shape index (κ3) is 2.30. The van der Waals surface area contributed by atoms with Gasteiger partial charge in [0.05, 0.1) is 16.3 Å². The van der Waals surface area contributed by atoms with Crippen LogP contribution in [0, 0.1) is 6.92 Å². The van der Waals surface area contributed by atoms with E-state index >= 15 is 0 Å². The van der Waals surface area contributed by atoms with E-state index in [-0.39, 0.29) is 10.6 Å². The molecule has 0 atom stereocenters. The van der Waals surface area contributed by atoms with Crippen LogP contribution in [-0.2, 0) is 15.6 Å². The summed E-state index contributed by atoms with van der Waals surface area (Å²) in [5.41, 5.74) is 7.61. The number of fused-ring (bicyclic) bond motifs is 1. The number of anilines is 1. The lowest BCUT2D eigenvalue weighted by Gasteiger charge is -2.05. The van der Waals surface area contributed by atoms with Crippen LogP contribution in [0.3, 0.4) is 0 Å². The summed E-state index contributed by atoms with van der Waals surface area (Å²) >= 11 is 1.47. The third-order valence-electron chi connectivity index (χ3n) is 3.08. The van der Waals surface area contributed by atoms with Gasteiger partial charge in [0, 0.05) is 23.5 Å². The summed E-state index contributed by atoms with van der Waals surface area (Å²) < 4.78 is 26.6. The van der Waals surface area contributed by atoms with Crippen LogP contribution in [0.15, 0.2) is 40.9 Å². The van der Waals surface area contributed by atoms with Crippen LogP contribution < -0.4 is 5.73 Å². The molecule has 0 fully saturated rings. The summed E-state index contributed by atoms with van der Waals surface area (Å²) in [7, 11) is -3.40. The Labute approximate surface area is 120 Å². The minimum absolute atomic E-state index is 0.106. The summed E-state index contributed by atoms with van der Waals surface area (Å²) in [6, 6.07) is 4.76. The topological polar surface area (TPSA) is 77.5 Å². The fourth-order valence-electron chi connectivity index (χ4n) is 1.97. The second kappa shape index (κ2) is 4.60. The Morgan fingerprint density at radius 3 is 2.90 bits per heavy atom. The number of hydrogen-bond acceptors (Lipinski definition) is 5. The number of aryl methyl sites for hydroxylation is 1. The summed E-state index contributed by atoms with van der Waals surface area (Å²) in [4.78, 5) is 5.37. The number of hydrogen-bond donors (Lipinski definition) is 1. The van der Waals surface area contributed by atoms with Crippen molar-refractivity contribution in [3.8, 4) is 0 Å². The molecule has 0 radical (unpaired) electrons. The number of sulfone groups is 1. The molecular formula is C13H13N3O2S2. The van der Waals surface area contributed by atoms with Crippen molar-refractivity contribution in [1.82, 2.24) is 9.38 Å². The maximum absolute atomic E-state index is 12.4. The molecule has 20 heavy (non-hydrogen) atoms. The van der Waals surface area contributed by atoms with Crippen molar-refractivity contribution in [2.45, 2.75) is 17.6 Å². The van der Waals surface area contributed by atoms with E-state index in [9.17, 15) is 8.42 Å². The molecule has 0 bridgehead atoms. The number of rotatable bonds is 3. The van der Waals surface area contributed by atoms with Gasteiger partial charge in [0.2, 0.25) is 0 Å². The highest BCUT2D eigenvalue weighted by molar-refractivity contribution is 7.90. The van der Waals surface area contributed by atoms with Crippen molar-refractivity contribution >= 4 is 31.8 Å². The summed E-state index contributed by atoms with van der Waals surface area (Å²) in [6.45, 7) is 1.79. The van der Waals surface area contributed by atoms with Crippen LogP contribution in [0.25, 0.3) is 4.96 Å². The average Bonchev–Trinajstić information content (AvgIpc) is 2.92. The molecular weight excluding hydrogens is 294 g/mol. The van der Waals surface area contributed by atoms with Gasteiger partial charge in [-0.05, 0) is 30.7 Å². The van der Waals surface area contributed by atoms with Crippen LogP contribution in [0.2, 0.25) is 0 Å². The van der Waals surface area contributed by atoms with E-state index in [4.69, 9.17) is 5.73 Å². The van der Waals surface area contributed by atoms with Gasteiger partial charge in [-0.25, -0.2) is 13.4 Å². The van der Waals surface area contributed by atoms with Crippen molar-refractivity contribution in [3.05, 3.63) is 47.2 Å². The minimum atomic E-state index is -3.40. The van der Waals surface area contributed by atoms with Gasteiger partial charge in [0.1, 0.15) is 0 Å². The molecule has 2 heterocycles. The van der Waals surface area contributed by atoms with Gasteiger partial charge in [-0.15, -0.1) is 11.3 Å². The van der Waals surface area contributed by atoms with Crippen LogP contribution in [0.1, 0.15) is 11.3 Å². The number of imidazole rings is 1. The van der Waals surface area contributed by atoms with Gasteiger partial charge in [-0.1, -0.05) is 0 Å². The first-order valence-electron chi connectivity index (χ1n) is 5.96. The average molecular weight is 307 g/mol. The zero-order valence-corrected chi connectivity index (χ0v) is 12.4. The van der Waals surface area contributed by atoms with Gasteiger partial charge in [-0.2, -0.15) is 0 Å². The lowest BCUT2D eigenvalue weighted by Crippen LogP contribution is -2.06. The minimum Gasteiger partial charge on any atom is -0.399 e. The number of nitrogens with two attached hydrogens (primary N) is 1. The predicted molar refractivity (Wildman–Crippen MR) is 79.6 cm³/mol. The fraction of sp³-hybridized carbons (Fsp3) is 0.154. The van der Waals surface area contributed by atoms with Crippen molar-refractivity contribution in [2.75, 3.05) is 5.73 Å². The van der Waals surface area contributed by atoms with Gasteiger partial charge in [0.15, 0.2) is 14.8 Å². The molecule has 0 aliphatic heterocycles. The number of aromatic nitrogens is 2. The molecule has 2 N–H and O–H groups in total. The van der Waals surface area contributed by atoms with Crippen molar-refractivity contribution in [3.63, 3.8) is 0 Å². The first-order chi connectivity index (χ1) is 9.45. The van der Waals surface area contributed by atoms with Crippen molar-refractivity contribution < 1.29 is 8.42 Å². The molecule has 0 saturated carbocycles. The Morgan fingerprint density at radius 1 is 1.40 bits per heavy atom. The molecule has 3 rings (SSSR count).